The Hall–Kier alpha value is -1.57. The van der Waals surface area contributed by atoms with Gasteiger partial charge in [0.1, 0.15) is 0 Å². The maximum absolute atomic E-state index is 10.3. The van der Waals surface area contributed by atoms with E-state index in [-0.39, 0.29) is 10.9 Å². The van der Waals surface area contributed by atoms with Crippen molar-refractivity contribution in [1.29, 1.82) is 5.26 Å². The SMILES string of the molecule is N#Cc1cccc(N([O-])O)c1. The molecule has 0 spiro atoms. The number of hydrogen-bond acceptors (Lipinski definition) is 4. The van der Waals surface area contributed by atoms with Gasteiger partial charge in [0, 0.05) is 0 Å². The van der Waals surface area contributed by atoms with Crippen molar-refractivity contribution in [3.05, 3.63) is 35.0 Å². The van der Waals surface area contributed by atoms with Crippen LogP contribution in [-0.4, -0.2) is 5.21 Å². The molecular formula is C7H5N2O2-. The highest BCUT2D eigenvalue weighted by Crippen LogP contribution is 2.12. The third-order valence-corrected chi connectivity index (χ3v) is 1.20. The highest BCUT2D eigenvalue weighted by Gasteiger charge is 1.92. The molecule has 0 atom stereocenters. The second-order valence-electron chi connectivity index (χ2n) is 1.94. The number of anilines is 1. The molecule has 0 aliphatic carbocycles. The molecule has 0 aliphatic rings. The van der Waals surface area contributed by atoms with Gasteiger partial charge in [-0.3, -0.25) is 5.21 Å². The first-order chi connectivity index (χ1) is 5.24. The van der Waals surface area contributed by atoms with Crippen molar-refractivity contribution in [3.63, 3.8) is 0 Å². The van der Waals surface area contributed by atoms with Crippen LogP contribution in [0.2, 0.25) is 0 Å². The van der Waals surface area contributed by atoms with Crippen LogP contribution in [0.3, 0.4) is 0 Å². The molecule has 0 saturated heterocycles. The predicted molar refractivity (Wildman–Crippen MR) is 38.8 cm³/mol. The molecule has 56 valence electrons. The van der Waals surface area contributed by atoms with E-state index in [9.17, 15) is 5.21 Å². The third kappa shape index (κ3) is 1.67. The molecule has 1 aromatic carbocycles. The second kappa shape index (κ2) is 3.01. The van der Waals surface area contributed by atoms with Gasteiger partial charge >= 0.3 is 0 Å². The van der Waals surface area contributed by atoms with Gasteiger partial charge in [0.25, 0.3) is 0 Å². The van der Waals surface area contributed by atoms with Crippen LogP contribution < -0.4 is 5.23 Å². The summed E-state index contributed by atoms with van der Waals surface area (Å²) in [6.45, 7) is 0. The fourth-order valence-electron chi connectivity index (χ4n) is 0.694. The first kappa shape index (κ1) is 7.54. The molecule has 0 fully saturated rings. The van der Waals surface area contributed by atoms with Crippen molar-refractivity contribution in [2.45, 2.75) is 0 Å². The lowest BCUT2D eigenvalue weighted by molar-refractivity contribution is 0.296. The number of benzene rings is 1. The van der Waals surface area contributed by atoms with E-state index in [2.05, 4.69) is 0 Å². The van der Waals surface area contributed by atoms with Gasteiger partial charge < -0.3 is 10.4 Å². The number of rotatable bonds is 1. The van der Waals surface area contributed by atoms with Crippen molar-refractivity contribution in [1.82, 2.24) is 0 Å². The standard InChI is InChI=1S/C7H5N2O2/c8-5-6-2-1-3-7(4-6)9(10)11/h1-4,10H/q-1. The zero-order valence-corrected chi connectivity index (χ0v) is 5.56. The summed E-state index contributed by atoms with van der Waals surface area (Å²) in [5, 5.41) is 26.8. The zero-order valence-electron chi connectivity index (χ0n) is 5.56. The van der Waals surface area contributed by atoms with Crippen LogP contribution in [0.5, 0.6) is 0 Å². The molecule has 4 heteroatoms. The van der Waals surface area contributed by atoms with Crippen LogP contribution in [0, 0.1) is 16.5 Å². The topological polar surface area (TPSA) is 70.3 Å². The van der Waals surface area contributed by atoms with Gasteiger partial charge in [0.2, 0.25) is 0 Å². The number of nitrogens with zero attached hydrogens (tertiary/aromatic N) is 2. The molecule has 0 amide bonds. The van der Waals surface area contributed by atoms with E-state index in [1.54, 1.807) is 6.07 Å². The molecule has 4 nitrogen and oxygen atoms in total. The molecule has 1 N–H and O–H groups in total. The average molecular weight is 149 g/mol. The van der Waals surface area contributed by atoms with Gasteiger partial charge in [-0.05, 0) is 18.2 Å². The molecule has 1 aromatic rings. The summed E-state index contributed by atoms with van der Waals surface area (Å²) in [5.74, 6) is 0. The smallest absolute Gasteiger partial charge is 0.0992 e. The Balaban J connectivity index is 3.03. The van der Waals surface area contributed by atoms with Gasteiger partial charge in [-0.1, -0.05) is 6.07 Å². The Morgan fingerprint density at radius 2 is 2.27 bits per heavy atom. The van der Waals surface area contributed by atoms with Crippen molar-refractivity contribution in [2.24, 2.45) is 0 Å². The van der Waals surface area contributed by atoms with Gasteiger partial charge in [-0.2, -0.15) is 5.26 Å². The quantitative estimate of drug-likeness (QED) is 0.610. The normalized spacial score (nSPS) is 8.82. The van der Waals surface area contributed by atoms with Gasteiger partial charge in [-0.15, -0.1) is 0 Å². The predicted octanol–water partition coefficient (Wildman–Crippen LogP) is 1.25. The molecule has 0 heterocycles. The minimum Gasteiger partial charge on any atom is -0.733 e. The lowest BCUT2D eigenvalue weighted by atomic mass is 10.2. The molecule has 0 aromatic heterocycles. The van der Waals surface area contributed by atoms with Crippen LogP contribution in [-0.2, 0) is 0 Å². The Morgan fingerprint density at radius 3 is 2.82 bits per heavy atom. The van der Waals surface area contributed by atoms with Crippen LogP contribution in [0.25, 0.3) is 0 Å². The molecule has 0 saturated carbocycles. The molecule has 0 aliphatic heterocycles. The van der Waals surface area contributed by atoms with E-state index < -0.39 is 0 Å². The first-order valence-electron chi connectivity index (χ1n) is 2.90. The first-order valence-corrected chi connectivity index (χ1v) is 2.90. The lowest BCUT2D eigenvalue weighted by Crippen LogP contribution is -2.06. The number of nitriles is 1. The van der Waals surface area contributed by atoms with Crippen LogP contribution in [0.4, 0.5) is 5.69 Å². The third-order valence-electron chi connectivity index (χ3n) is 1.20. The van der Waals surface area contributed by atoms with Gasteiger partial charge in [-0.25, -0.2) is 0 Å². The second-order valence-corrected chi connectivity index (χ2v) is 1.94. The van der Waals surface area contributed by atoms with Crippen LogP contribution in [0.15, 0.2) is 24.3 Å². The zero-order chi connectivity index (χ0) is 8.27. The summed E-state index contributed by atoms with van der Waals surface area (Å²) in [6, 6.07) is 7.63. The summed E-state index contributed by atoms with van der Waals surface area (Å²) in [4.78, 5) is 0. The highest BCUT2D eigenvalue weighted by molar-refractivity contribution is 5.49. The fourth-order valence-corrected chi connectivity index (χ4v) is 0.694. The molecule has 0 radical (unpaired) electrons. The van der Waals surface area contributed by atoms with Gasteiger partial charge in [0.15, 0.2) is 0 Å². The Labute approximate surface area is 63.4 Å². The van der Waals surface area contributed by atoms with Crippen molar-refractivity contribution >= 4 is 5.69 Å². The molecule has 1 rings (SSSR count). The molecule has 0 unspecified atom stereocenters. The minimum atomic E-state index is -0.277. The van der Waals surface area contributed by atoms with Crippen molar-refractivity contribution in [2.75, 3.05) is 5.23 Å². The monoisotopic (exact) mass is 149 g/mol. The summed E-state index contributed by atoms with van der Waals surface area (Å²) in [7, 11) is 0. The van der Waals surface area contributed by atoms with E-state index in [1.807, 2.05) is 6.07 Å². The lowest BCUT2D eigenvalue weighted by Gasteiger charge is -2.21. The highest BCUT2D eigenvalue weighted by atomic mass is 16.8. The Morgan fingerprint density at radius 1 is 1.55 bits per heavy atom. The average Bonchev–Trinajstić information content (AvgIpc) is 2.05. The minimum absolute atomic E-state index is 0.0593. The maximum atomic E-state index is 10.3. The van der Waals surface area contributed by atoms with Crippen molar-refractivity contribution in [3.8, 4) is 6.07 Å². The van der Waals surface area contributed by atoms with Crippen molar-refractivity contribution < 1.29 is 5.21 Å². The van der Waals surface area contributed by atoms with Crippen LogP contribution in [0.1, 0.15) is 5.56 Å². The Kier molecular flexibility index (Phi) is 2.06. The van der Waals surface area contributed by atoms with E-state index in [4.69, 9.17) is 10.5 Å². The molecule has 0 bridgehead atoms. The van der Waals surface area contributed by atoms with E-state index in [0.717, 1.165) is 0 Å². The fraction of sp³-hybridized carbons (Fsp3) is 0. The van der Waals surface area contributed by atoms with Crippen LogP contribution >= 0.6 is 0 Å². The van der Waals surface area contributed by atoms with Gasteiger partial charge in [0.05, 0.1) is 17.3 Å². The Bertz CT molecular complexity index is 291. The van der Waals surface area contributed by atoms with E-state index in [0.29, 0.717) is 5.56 Å². The molecular weight excluding hydrogens is 144 g/mol. The summed E-state index contributed by atoms with van der Waals surface area (Å²) in [5.41, 5.74) is 0.404. The largest absolute Gasteiger partial charge is 0.733 e. The maximum Gasteiger partial charge on any atom is 0.0992 e. The molecule has 11 heavy (non-hydrogen) atoms. The summed E-state index contributed by atoms with van der Waals surface area (Å²) in [6.07, 6.45) is 0. The van der Waals surface area contributed by atoms with E-state index >= 15 is 0 Å². The summed E-state index contributed by atoms with van der Waals surface area (Å²) < 4.78 is 0. The summed E-state index contributed by atoms with van der Waals surface area (Å²) >= 11 is 0. The van der Waals surface area contributed by atoms with E-state index in [1.165, 1.54) is 18.2 Å². The number of hydrogen-bond donors (Lipinski definition) is 1.